The topological polar surface area (TPSA) is 26.0 Å². The van der Waals surface area contributed by atoms with Gasteiger partial charge in [0, 0.05) is 0 Å². The summed E-state index contributed by atoms with van der Waals surface area (Å²) in [6.45, 7) is 7.23. The Bertz CT molecular complexity index is 572. The van der Waals surface area contributed by atoms with Crippen LogP contribution in [0.5, 0.6) is 0 Å². The van der Waals surface area contributed by atoms with Crippen LogP contribution in [0, 0.1) is 26.7 Å². The quantitative estimate of drug-likeness (QED) is 0.871. The smallest absolute Gasteiger partial charge is 0.00425 e. The van der Waals surface area contributed by atoms with Crippen molar-refractivity contribution < 1.29 is 0 Å². The van der Waals surface area contributed by atoms with E-state index in [0.717, 1.165) is 19.4 Å². The zero-order chi connectivity index (χ0) is 14.5. The molecule has 0 amide bonds. The molecule has 0 aliphatic carbocycles. The number of hydrogen-bond acceptors (Lipinski definition) is 1. The first-order chi connectivity index (χ1) is 9.58. The summed E-state index contributed by atoms with van der Waals surface area (Å²) in [5, 5.41) is 0. The lowest BCUT2D eigenvalue weighted by Gasteiger charge is -2.17. The van der Waals surface area contributed by atoms with Gasteiger partial charge in [-0.25, -0.2) is 0 Å². The van der Waals surface area contributed by atoms with Crippen molar-refractivity contribution in [3.63, 3.8) is 0 Å². The Hall–Kier alpha value is -1.60. The van der Waals surface area contributed by atoms with E-state index < -0.39 is 0 Å². The molecule has 2 N–H and O–H groups in total. The molecular weight excluding hydrogens is 242 g/mol. The van der Waals surface area contributed by atoms with Crippen LogP contribution < -0.4 is 5.73 Å². The molecule has 2 aromatic carbocycles. The summed E-state index contributed by atoms with van der Waals surface area (Å²) in [6, 6.07) is 15.4. The summed E-state index contributed by atoms with van der Waals surface area (Å²) in [6.07, 6.45) is 2.13. The molecule has 0 spiro atoms. The Kier molecular flexibility index (Phi) is 4.97. The summed E-state index contributed by atoms with van der Waals surface area (Å²) in [5.74, 6) is 0.511. The first-order valence-corrected chi connectivity index (χ1v) is 7.40. The molecule has 106 valence electrons. The van der Waals surface area contributed by atoms with Crippen molar-refractivity contribution in [2.75, 3.05) is 6.54 Å². The second-order valence-electron chi connectivity index (χ2n) is 5.93. The van der Waals surface area contributed by atoms with Gasteiger partial charge in [-0.05, 0) is 62.8 Å². The first kappa shape index (κ1) is 14.8. The average Bonchev–Trinajstić information content (AvgIpc) is 2.42. The molecule has 0 aliphatic rings. The van der Waals surface area contributed by atoms with Crippen LogP contribution in [-0.4, -0.2) is 6.54 Å². The van der Waals surface area contributed by atoms with Crippen LogP contribution in [0.3, 0.4) is 0 Å². The van der Waals surface area contributed by atoms with E-state index in [9.17, 15) is 0 Å². The molecule has 0 saturated carbocycles. The molecule has 0 aromatic heterocycles. The van der Waals surface area contributed by atoms with E-state index in [0.29, 0.717) is 5.92 Å². The molecule has 1 nitrogen and oxygen atoms in total. The van der Waals surface area contributed by atoms with E-state index >= 15 is 0 Å². The molecule has 2 rings (SSSR count). The fourth-order valence-electron chi connectivity index (χ4n) is 2.74. The Morgan fingerprint density at radius 2 is 1.65 bits per heavy atom. The monoisotopic (exact) mass is 267 g/mol. The number of rotatable bonds is 5. The van der Waals surface area contributed by atoms with Crippen LogP contribution in [0.25, 0.3) is 0 Å². The van der Waals surface area contributed by atoms with Crippen molar-refractivity contribution in [2.45, 2.75) is 33.6 Å². The predicted octanol–water partition coefficient (Wildman–Crippen LogP) is 3.97. The van der Waals surface area contributed by atoms with Crippen molar-refractivity contribution in [3.05, 3.63) is 70.3 Å². The van der Waals surface area contributed by atoms with E-state index in [2.05, 4.69) is 63.2 Å². The summed E-state index contributed by atoms with van der Waals surface area (Å²) in [5.41, 5.74) is 12.9. The Morgan fingerprint density at radius 1 is 0.900 bits per heavy atom. The molecule has 0 heterocycles. The lowest BCUT2D eigenvalue weighted by molar-refractivity contribution is 0.532. The highest BCUT2D eigenvalue weighted by molar-refractivity contribution is 5.31. The summed E-state index contributed by atoms with van der Waals surface area (Å²) in [7, 11) is 0. The van der Waals surface area contributed by atoms with Gasteiger partial charge in [0.2, 0.25) is 0 Å². The third kappa shape index (κ3) is 3.94. The minimum absolute atomic E-state index is 0.511. The van der Waals surface area contributed by atoms with E-state index in [1.54, 1.807) is 0 Å². The molecule has 0 radical (unpaired) electrons. The van der Waals surface area contributed by atoms with E-state index in [4.69, 9.17) is 5.73 Å². The molecule has 1 heteroatoms. The zero-order valence-electron chi connectivity index (χ0n) is 12.8. The molecule has 0 fully saturated rings. The highest BCUT2D eigenvalue weighted by Gasteiger charge is 2.11. The maximum absolute atomic E-state index is 5.99. The second kappa shape index (κ2) is 6.71. The number of hydrogen-bond donors (Lipinski definition) is 1. The highest BCUT2D eigenvalue weighted by Crippen LogP contribution is 2.18. The van der Waals surface area contributed by atoms with Gasteiger partial charge >= 0.3 is 0 Å². The fourth-order valence-corrected chi connectivity index (χ4v) is 2.74. The molecule has 1 atom stereocenters. The first-order valence-electron chi connectivity index (χ1n) is 7.40. The number of nitrogens with two attached hydrogens (primary N) is 1. The molecule has 0 saturated heterocycles. The molecule has 20 heavy (non-hydrogen) atoms. The van der Waals surface area contributed by atoms with Crippen LogP contribution in [0.15, 0.2) is 42.5 Å². The second-order valence-corrected chi connectivity index (χ2v) is 5.93. The van der Waals surface area contributed by atoms with Crippen molar-refractivity contribution in [2.24, 2.45) is 11.7 Å². The van der Waals surface area contributed by atoms with Crippen molar-refractivity contribution >= 4 is 0 Å². The van der Waals surface area contributed by atoms with Crippen LogP contribution in [0.1, 0.15) is 27.8 Å². The van der Waals surface area contributed by atoms with Gasteiger partial charge < -0.3 is 5.73 Å². The molecule has 2 aromatic rings. The third-order valence-electron chi connectivity index (χ3n) is 3.95. The van der Waals surface area contributed by atoms with Crippen molar-refractivity contribution in [1.29, 1.82) is 0 Å². The van der Waals surface area contributed by atoms with Gasteiger partial charge in [-0.3, -0.25) is 0 Å². The number of benzene rings is 2. The average molecular weight is 267 g/mol. The summed E-state index contributed by atoms with van der Waals surface area (Å²) in [4.78, 5) is 0. The minimum Gasteiger partial charge on any atom is -0.330 e. The molecule has 0 bridgehead atoms. The van der Waals surface area contributed by atoms with Crippen LogP contribution >= 0.6 is 0 Å². The molecule has 1 unspecified atom stereocenters. The largest absolute Gasteiger partial charge is 0.330 e. The maximum atomic E-state index is 5.99. The summed E-state index contributed by atoms with van der Waals surface area (Å²) < 4.78 is 0. The Balaban J connectivity index is 2.11. The fraction of sp³-hybridized carbons (Fsp3) is 0.368. The van der Waals surface area contributed by atoms with Gasteiger partial charge in [-0.1, -0.05) is 53.6 Å². The van der Waals surface area contributed by atoms with Gasteiger partial charge in [0.1, 0.15) is 0 Å². The van der Waals surface area contributed by atoms with Crippen LogP contribution in [0.2, 0.25) is 0 Å². The molecule has 0 aliphatic heterocycles. The van der Waals surface area contributed by atoms with E-state index in [-0.39, 0.29) is 0 Å². The minimum atomic E-state index is 0.511. The predicted molar refractivity (Wildman–Crippen MR) is 87.0 cm³/mol. The highest BCUT2D eigenvalue weighted by atomic mass is 14.5. The van der Waals surface area contributed by atoms with Crippen molar-refractivity contribution in [3.8, 4) is 0 Å². The van der Waals surface area contributed by atoms with Crippen LogP contribution in [0.4, 0.5) is 0 Å². The third-order valence-corrected chi connectivity index (χ3v) is 3.95. The SMILES string of the molecule is Cc1cccc(CC(CN)Cc2cc(C)ccc2C)c1. The lowest BCUT2D eigenvalue weighted by atomic mass is 9.90. The zero-order valence-corrected chi connectivity index (χ0v) is 12.8. The van der Waals surface area contributed by atoms with E-state index in [1.807, 2.05) is 0 Å². The van der Waals surface area contributed by atoms with Crippen molar-refractivity contribution in [1.82, 2.24) is 0 Å². The maximum Gasteiger partial charge on any atom is -0.00425 e. The van der Waals surface area contributed by atoms with Crippen LogP contribution in [-0.2, 0) is 12.8 Å². The summed E-state index contributed by atoms with van der Waals surface area (Å²) >= 11 is 0. The van der Waals surface area contributed by atoms with Gasteiger partial charge in [-0.15, -0.1) is 0 Å². The van der Waals surface area contributed by atoms with E-state index in [1.165, 1.54) is 27.8 Å². The standard InChI is InChI=1S/C19H25N/c1-14-5-4-6-17(9-14)11-18(13-20)12-19-10-15(2)7-8-16(19)3/h4-10,18H,11-13,20H2,1-3H3. The number of aryl methyl sites for hydroxylation is 3. The Labute approximate surface area is 122 Å². The normalized spacial score (nSPS) is 12.4. The van der Waals surface area contributed by atoms with Gasteiger partial charge in [-0.2, -0.15) is 0 Å². The lowest BCUT2D eigenvalue weighted by Crippen LogP contribution is -2.20. The van der Waals surface area contributed by atoms with Gasteiger partial charge in [0.15, 0.2) is 0 Å². The Morgan fingerprint density at radius 3 is 2.35 bits per heavy atom. The molecular formula is C19H25N. The van der Waals surface area contributed by atoms with Gasteiger partial charge in [0.25, 0.3) is 0 Å². The van der Waals surface area contributed by atoms with Gasteiger partial charge in [0.05, 0.1) is 0 Å².